The largest absolute Gasteiger partial charge is 0.465 e. The van der Waals surface area contributed by atoms with Crippen molar-refractivity contribution in [2.75, 3.05) is 26.4 Å². The number of furan rings is 2. The summed E-state index contributed by atoms with van der Waals surface area (Å²) in [6.45, 7) is 0.627. The fourth-order valence-electron chi connectivity index (χ4n) is 1.67. The Bertz CT molecular complexity index is 621. The van der Waals surface area contributed by atoms with Crippen LogP contribution in [0.15, 0.2) is 57.8 Å². The predicted octanol–water partition coefficient (Wildman–Crippen LogP) is 2.70. The Morgan fingerprint density at radius 3 is 1.68 bits per heavy atom. The standard InChI is InChI=1S/C18H18O7/c19-17(7-5-15-3-1-9-22-15)24-13-11-21-12-14-25-18(20)8-6-16-4-2-10-23-16/h1-10H,11-14H2. The molecule has 0 amide bonds. The quantitative estimate of drug-likeness (QED) is 0.371. The van der Waals surface area contributed by atoms with E-state index in [0.717, 1.165) is 0 Å². The van der Waals surface area contributed by atoms with Gasteiger partial charge in [0.05, 0.1) is 25.7 Å². The fraction of sp³-hybridized carbons (Fsp3) is 0.222. The molecule has 0 unspecified atom stereocenters. The highest BCUT2D eigenvalue weighted by atomic mass is 16.6. The Morgan fingerprint density at radius 1 is 0.800 bits per heavy atom. The summed E-state index contributed by atoms with van der Waals surface area (Å²) in [7, 11) is 0. The molecule has 0 saturated carbocycles. The van der Waals surface area contributed by atoms with E-state index in [0.29, 0.717) is 11.5 Å². The van der Waals surface area contributed by atoms with E-state index in [1.54, 1.807) is 24.3 Å². The summed E-state index contributed by atoms with van der Waals surface area (Å²) in [5.41, 5.74) is 0. The van der Waals surface area contributed by atoms with Crippen LogP contribution in [0.5, 0.6) is 0 Å². The molecule has 132 valence electrons. The Balaban J connectivity index is 1.46. The van der Waals surface area contributed by atoms with Crippen LogP contribution in [0.2, 0.25) is 0 Å². The Kier molecular flexibility index (Phi) is 7.80. The second-order valence-electron chi connectivity index (χ2n) is 4.64. The number of ether oxygens (including phenoxy) is 3. The van der Waals surface area contributed by atoms with E-state index in [4.69, 9.17) is 23.0 Å². The molecule has 7 heteroatoms. The lowest BCUT2D eigenvalue weighted by atomic mass is 10.4. The fourth-order valence-corrected chi connectivity index (χ4v) is 1.67. The second-order valence-corrected chi connectivity index (χ2v) is 4.64. The van der Waals surface area contributed by atoms with Crippen LogP contribution in [-0.2, 0) is 23.8 Å². The smallest absolute Gasteiger partial charge is 0.330 e. The number of carbonyl (C=O) groups is 2. The maximum Gasteiger partial charge on any atom is 0.330 e. The monoisotopic (exact) mass is 346 g/mol. The highest BCUT2D eigenvalue weighted by Crippen LogP contribution is 2.03. The molecule has 0 radical (unpaired) electrons. The van der Waals surface area contributed by atoms with Crippen molar-refractivity contribution in [1.82, 2.24) is 0 Å². The van der Waals surface area contributed by atoms with Crippen LogP contribution in [0.4, 0.5) is 0 Å². The molecule has 0 fully saturated rings. The SMILES string of the molecule is O=C(C=Cc1ccco1)OCCOCCOC(=O)C=Cc1ccco1. The van der Waals surface area contributed by atoms with Crippen LogP contribution < -0.4 is 0 Å². The summed E-state index contributed by atoms with van der Waals surface area (Å²) in [6, 6.07) is 6.88. The van der Waals surface area contributed by atoms with Gasteiger partial charge in [0.25, 0.3) is 0 Å². The van der Waals surface area contributed by atoms with Gasteiger partial charge in [-0.25, -0.2) is 9.59 Å². The Morgan fingerprint density at radius 2 is 1.28 bits per heavy atom. The summed E-state index contributed by atoms with van der Waals surface area (Å²) in [5, 5.41) is 0. The first-order valence-electron chi connectivity index (χ1n) is 7.58. The first kappa shape index (κ1) is 18.3. The minimum atomic E-state index is -0.491. The average Bonchev–Trinajstić information content (AvgIpc) is 3.30. The lowest BCUT2D eigenvalue weighted by molar-refractivity contribution is -0.140. The number of carbonyl (C=O) groups excluding carboxylic acids is 2. The molecule has 0 atom stereocenters. The zero-order valence-electron chi connectivity index (χ0n) is 13.5. The second kappa shape index (κ2) is 10.7. The van der Waals surface area contributed by atoms with Crippen molar-refractivity contribution >= 4 is 24.1 Å². The van der Waals surface area contributed by atoms with Gasteiger partial charge in [-0.15, -0.1) is 0 Å². The Labute approximate surface area is 144 Å². The van der Waals surface area contributed by atoms with Crippen LogP contribution >= 0.6 is 0 Å². The van der Waals surface area contributed by atoms with E-state index in [2.05, 4.69) is 0 Å². The molecule has 2 aromatic heterocycles. The zero-order valence-corrected chi connectivity index (χ0v) is 13.5. The van der Waals surface area contributed by atoms with Gasteiger partial charge in [-0.1, -0.05) is 0 Å². The third-order valence-electron chi connectivity index (χ3n) is 2.80. The van der Waals surface area contributed by atoms with Gasteiger partial charge in [-0.2, -0.15) is 0 Å². The van der Waals surface area contributed by atoms with E-state index in [-0.39, 0.29) is 26.4 Å². The van der Waals surface area contributed by atoms with Crippen LogP contribution in [0.25, 0.3) is 12.2 Å². The zero-order chi connectivity index (χ0) is 17.7. The van der Waals surface area contributed by atoms with Crippen LogP contribution in [0, 0.1) is 0 Å². The number of rotatable bonds is 10. The van der Waals surface area contributed by atoms with Gasteiger partial charge >= 0.3 is 11.9 Å². The normalized spacial score (nSPS) is 11.2. The molecule has 7 nitrogen and oxygen atoms in total. The highest BCUT2D eigenvalue weighted by molar-refractivity contribution is 5.87. The minimum Gasteiger partial charge on any atom is -0.465 e. The van der Waals surface area contributed by atoms with Crippen molar-refractivity contribution in [3.05, 3.63) is 60.5 Å². The average molecular weight is 346 g/mol. The molecule has 0 aliphatic heterocycles. The van der Waals surface area contributed by atoms with E-state index in [9.17, 15) is 9.59 Å². The molecule has 0 aliphatic carbocycles. The summed E-state index contributed by atoms with van der Waals surface area (Å²) in [5.74, 6) is 0.149. The van der Waals surface area contributed by atoms with Gasteiger partial charge in [0.1, 0.15) is 24.7 Å². The molecule has 2 heterocycles. The third kappa shape index (κ3) is 7.85. The van der Waals surface area contributed by atoms with Crippen molar-refractivity contribution in [3.8, 4) is 0 Å². The first-order valence-corrected chi connectivity index (χ1v) is 7.58. The molecular formula is C18H18O7. The van der Waals surface area contributed by atoms with Gasteiger partial charge in [0.15, 0.2) is 0 Å². The third-order valence-corrected chi connectivity index (χ3v) is 2.80. The molecule has 0 bridgehead atoms. The number of esters is 2. The minimum absolute atomic E-state index is 0.105. The summed E-state index contributed by atoms with van der Waals surface area (Å²) in [6.07, 6.45) is 8.59. The molecule has 0 aromatic carbocycles. The lowest BCUT2D eigenvalue weighted by Crippen LogP contribution is -2.13. The maximum atomic E-state index is 11.4. The van der Waals surface area contributed by atoms with Crippen molar-refractivity contribution in [1.29, 1.82) is 0 Å². The van der Waals surface area contributed by atoms with E-state index in [1.807, 2.05) is 0 Å². The van der Waals surface area contributed by atoms with Crippen LogP contribution in [-0.4, -0.2) is 38.4 Å². The van der Waals surface area contributed by atoms with Gasteiger partial charge in [0.2, 0.25) is 0 Å². The molecule has 2 aromatic rings. The van der Waals surface area contributed by atoms with Crippen molar-refractivity contribution < 1.29 is 32.6 Å². The van der Waals surface area contributed by atoms with Crippen molar-refractivity contribution in [3.63, 3.8) is 0 Å². The summed E-state index contributed by atoms with van der Waals surface area (Å²) in [4.78, 5) is 22.8. The molecule has 0 N–H and O–H groups in total. The van der Waals surface area contributed by atoms with Crippen LogP contribution in [0.1, 0.15) is 11.5 Å². The Hall–Kier alpha value is -3.06. The summed E-state index contributed by atoms with van der Waals surface area (Å²) < 4.78 is 25.1. The topological polar surface area (TPSA) is 88.1 Å². The number of hydrogen-bond acceptors (Lipinski definition) is 7. The van der Waals surface area contributed by atoms with Gasteiger partial charge < -0.3 is 23.0 Å². The molecule has 0 spiro atoms. The maximum absolute atomic E-state index is 11.4. The van der Waals surface area contributed by atoms with Crippen molar-refractivity contribution in [2.24, 2.45) is 0 Å². The molecular weight excluding hydrogens is 328 g/mol. The van der Waals surface area contributed by atoms with Gasteiger partial charge in [-0.05, 0) is 36.4 Å². The summed E-state index contributed by atoms with van der Waals surface area (Å²) >= 11 is 0. The highest BCUT2D eigenvalue weighted by Gasteiger charge is 2.00. The molecule has 0 saturated heterocycles. The van der Waals surface area contributed by atoms with Crippen molar-refractivity contribution in [2.45, 2.75) is 0 Å². The van der Waals surface area contributed by atoms with E-state index in [1.165, 1.54) is 36.8 Å². The van der Waals surface area contributed by atoms with Gasteiger partial charge in [0, 0.05) is 12.2 Å². The molecule has 0 aliphatic rings. The van der Waals surface area contributed by atoms with Crippen LogP contribution in [0.3, 0.4) is 0 Å². The van der Waals surface area contributed by atoms with Gasteiger partial charge in [-0.3, -0.25) is 0 Å². The first-order chi connectivity index (χ1) is 12.2. The van der Waals surface area contributed by atoms with E-state index < -0.39 is 11.9 Å². The molecule has 2 rings (SSSR count). The predicted molar refractivity (Wildman–Crippen MR) is 88.2 cm³/mol. The lowest BCUT2D eigenvalue weighted by Gasteiger charge is -2.04. The van der Waals surface area contributed by atoms with E-state index >= 15 is 0 Å². The number of hydrogen-bond donors (Lipinski definition) is 0. The molecule has 25 heavy (non-hydrogen) atoms.